The van der Waals surface area contributed by atoms with Gasteiger partial charge in [0.25, 0.3) is 0 Å². The van der Waals surface area contributed by atoms with Crippen LogP contribution in [0.4, 0.5) is 5.69 Å². The summed E-state index contributed by atoms with van der Waals surface area (Å²) >= 11 is 0. The zero-order valence-corrected chi connectivity index (χ0v) is 10.3. The molecule has 0 spiro atoms. The topological polar surface area (TPSA) is 24.4 Å². The van der Waals surface area contributed by atoms with Crippen molar-refractivity contribution in [3.8, 4) is 0 Å². The Balaban J connectivity index is 2.02. The lowest BCUT2D eigenvalue weighted by molar-refractivity contribution is 1.32. The molecule has 1 aliphatic heterocycles. The number of rotatable bonds is 1. The highest BCUT2D eigenvalue weighted by Crippen LogP contribution is 2.31. The molecule has 0 amide bonds. The van der Waals surface area contributed by atoms with Gasteiger partial charge in [0.15, 0.2) is 0 Å². The van der Waals surface area contributed by atoms with Crippen LogP contribution in [0, 0.1) is 0 Å². The number of nitrogens with one attached hydrogen (secondary N) is 1. The van der Waals surface area contributed by atoms with Crippen LogP contribution in [0.15, 0.2) is 71.8 Å². The smallest absolute Gasteiger partial charge is 0.0985 e. The molecule has 0 radical (unpaired) electrons. The molecule has 2 heteroatoms. The van der Waals surface area contributed by atoms with E-state index in [2.05, 4.69) is 59.1 Å². The Hall–Kier alpha value is -2.61. The molecular formula is C17H12N2. The molecule has 0 aromatic heterocycles. The van der Waals surface area contributed by atoms with Gasteiger partial charge >= 0.3 is 0 Å². The molecule has 0 saturated heterocycles. The first-order chi connectivity index (χ1) is 9.43. The van der Waals surface area contributed by atoms with E-state index in [1.807, 2.05) is 18.2 Å². The van der Waals surface area contributed by atoms with Gasteiger partial charge in [-0.15, -0.1) is 0 Å². The van der Waals surface area contributed by atoms with Gasteiger partial charge in [-0.2, -0.15) is 5.10 Å². The minimum Gasteiger partial charge on any atom is -0.277 e. The van der Waals surface area contributed by atoms with Crippen molar-refractivity contribution in [3.05, 3.63) is 77.9 Å². The van der Waals surface area contributed by atoms with Gasteiger partial charge in [0, 0.05) is 16.5 Å². The SMILES string of the molecule is c1ccc(C2=NNc3cccc4cccc2c34)cc1. The van der Waals surface area contributed by atoms with Gasteiger partial charge in [-0.1, -0.05) is 60.7 Å². The molecule has 0 bridgehead atoms. The van der Waals surface area contributed by atoms with Crippen LogP contribution < -0.4 is 5.43 Å². The zero-order valence-electron chi connectivity index (χ0n) is 10.3. The highest BCUT2D eigenvalue weighted by Gasteiger charge is 2.16. The van der Waals surface area contributed by atoms with Crippen LogP contribution in [0.25, 0.3) is 10.8 Å². The van der Waals surface area contributed by atoms with Crippen LogP contribution in [-0.2, 0) is 0 Å². The summed E-state index contributed by atoms with van der Waals surface area (Å²) in [4.78, 5) is 0. The van der Waals surface area contributed by atoms with Gasteiger partial charge in [0.2, 0.25) is 0 Å². The Morgan fingerprint density at radius 1 is 0.737 bits per heavy atom. The first-order valence-electron chi connectivity index (χ1n) is 6.35. The zero-order chi connectivity index (χ0) is 12.7. The van der Waals surface area contributed by atoms with E-state index in [9.17, 15) is 0 Å². The van der Waals surface area contributed by atoms with Crippen LogP contribution in [-0.4, -0.2) is 5.71 Å². The second-order valence-electron chi connectivity index (χ2n) is 4.65. The van der Waals surface area contributed by atoms with Crippen LogP contribution in [0.1, 0.15) is 11.1 Å². The first kappa shape index (κ1) is 10.3. The van der Waals surface area contributed by atoms with Crippen LogP contribution in [0.3, 0.4) is 0 Å². The molecule has 3 aromatic carbocycles. The Labute approximate surface area is 111 Å². The minimum absolute atomic E-state index is 1.00. The maximum absolute atomic E-state index is 4.53. The molecule has 4 rings (SSSR count). The van der Waals surface area contributed by atoms with Gasteiger partial charge < -0.3 is 0 Å². The summed E-state index contributed by atoms with van der Waals surface area (Å²) in [5.41, 5.74) is 7.57. The highest BCUT2D eigenvalue weighted by molar-refractivity contribution is 6.23. The third kappa shape index (κ3) is 1.54. The van der Waals surface area contributed by atoms with Crippen molar-refractivity contribution < 1.29 is 0 Å². The normalized spacial score (nSPS) is 12.9. The van der Waals surface area contributed by atoms with Crippen LogP contribution >= 0.6 is 0 Å². The molecule has 90 valence electrons. The molecule has 0 unspecified atom stereocenters. The fraction of sp³-hybridized carbons (Fsp3) is 0. The molecule has 1 N–H and O–H groups in total. The fourth-order valence-electron chi connectivity index (χ4n) is 2.62. The molecule has 2 nitrogen and oxygen atoms in total. The van der Waals surface area contributed by atoms with Gasteiger partial charge in [0.1, 0.15) is 0 Å². The number of hydrogen-bond acceptors (Lipinski definition) is 2. The molecule has 0 atom stereocenters. The molecule has 1 heterocycles. The summed E-state index contributed by atoms with van der Waals surface area (Å²) in [5.74, 6) is 0. The van der Waals surface area contributed by atoms with Gasteiger partial charge in [-0.25, -0.2) is 0 Å². The predicted octanol–water partition coefficient (Wildman–Crippen LogP) is 4.02. The maximum Gasteiger partial charge on any atom is 0.0985 e. The van der Waals surface area contributed by atoms with Gasteiger partial charge in [-0.3, -0.25) is 5.43 Å². The second-order valence-corrected chi connectivity index (χ2v) is 4.65. The predicted molar refractivity (Wildman–Crippen MR) is 79.7 cm³/mol. The fourth-order valence-corrected chi connectivity index (χ4v) is 2.62. The highest BCUT2D eigenvalue weighted by atomic mass is 15.3. The Kier molecular flexibility index (Phi) is 2.15. The van der Waals surface area contributed by atoms with E-state index in [0.29, 0.717) is 0 Å². The monoisotopic (exact) mass is 244 g/mol. The third-order valence-corrected chi connectivity index (χ3v) is 3.50. The van der Waals surface area contributed by atoms with Crippen molar-refractivity contribution in [1.82, 2.24) is 0 Å². The van der Waals surface area contributed by atoms with E-state index >= 15 is 0 Å². The van der Waals surface area contributed by atoms with E-state index < -0.39 is 0 Å². The van der Waals surface area contributed by atoms with Crippen molar-refractivity contribution in [2.45, 2.75) is 0 Å². The lowest BCUT2D eigenvalue weighted by atomic mass is 9.94. The van der Waals surface area contributed by atoms with Gasteiger partial charge in [-0.05, 0) is 11.5 Å². The summed E-state index contributed by atoms with van der Waals surface area (Å²) in [6, 6.07) is 22.9. The van der Waals surface area contributed by atoms with E-state index in [1.54, 1.807) is 0 Å². The average Bonchev–Trinajstić information content (AvgIpc) is 2.49. The Morgan fingerprint density at radius 3 is 2.37 bits per heavy atom. The van der Waals surface area contributed by atoms with E-state index in [1.165, 1.54) is 16.3 Å². The number of nitrogens with zero attached hydrogens (tertiary/aromatic N) is 1. The Bertz CT molecular complexity index is 783. The molecular weight excluding hydrogens is 232 g/mol. The first-order valence-corrected chi connectivity index (χ1v) is 6.35. The second kappa shape index (κ2) is 3.95. The van der Waals surface area contributed by atoms with E-state index in [4.69, 9.17) is 0 Å². The van der Waals surface area contributed by atoms with Crippen LogP contribution in [0.5, 0.6) is 0 Å². The molecule has 19 heavy (non-hydrogen) atoms. The maximum atomic E-state index is 4.53. The number of benzene rings is 3. The average molecular weight is 244 g/mol. The van der Waals surface area contributed by atoms with E-state index in [-0.39, 0.29) is 0 Å². The third-order valence-electron chi connectivity index (χ3n) is 3.50. The quantitative estimate of drug-likeness (QED) is 0.687. The standard InChI is InChI=1S/C17H12N2/c1-2-6-13(7-3-1)17-14-10-4-8-12-9-5-11-15(16(12)14)18-19-17/h1-11,18H. The largest absolute Gasteiger partial charge is 0.277 e. The number of anilines is 1. The molecule has 0 aliphatic carbocycles. The summed E-state index contributed by atoms with van der Waals surface area (Å²) in [7, 11) is 0. The van der Waals surface area contributed by atoms with Crippen molar-refractivity contribution in [2.75, 3.05) is 5.43 Å². The summed E-state index contributed by atoms with van der Waals surface area (Å²) in [6.07, 6.45) is 0. The van der Waals surface area contributed by atoms with E-state index in [0.717, 1.165) is 17.0 Å². The van der Waals surface area contributed by atoms with Crippen molar-refractivity contribution >= 4 is 22.2 Å². The molecule has 0 fully saturated rings. The summed E-state index contributed by atoms with van der Waals surface area (Å²) < 4.78 is 0. The number of hydrogen-bond donors (Lipinski definition) is 1. The van der Waals surface area contributed by atoms with Crippen molar-refractivity contribution in [1.29, 1.82) is 0 Å². The lowest BCUT2D eigenvalue weighted by Gasteiger charge is -2.18. The summed E-state index contributed by atoms with van der Waals surface area (Å²) in [5, 5.41) is 7.02. The Morgan fingerprint density at radius 2 is 1.53 bits per heavy atom. The number of hydrazone groups is 1. The molecule has 3 aromatic rings. The minimum atomic E-state index is 1.00. The molecule has 0 saturated carbocycles. The summed E-state index contributed by atoms with van der Waals surface area (Å²) in [6.45, 7) is 0. The lowest BCUT2D eigenvalue weighted by Crippen LogP contribution is -2.12. The van der Waals surface area contributed by atoms with Crippen molar-refractivity contribution in [2.24, 2.45) is 5.10 Å². The van der Waals surface area contributed by atoms with Crippen molar-refractivity contribution in [3.63, 3.8) is 0 Å². The molecule has 1 aliphatic rings. The van der Waals surface area contributed by atoms with Crippen LogP contribution in [0.2, 0.25) is 0 Å². The van der Waals surface area contributed by atoms with Gasteiger partial charge in [0.05, 0.1) is 11.4 Å².